The molecule has 2 aromatic heterocycles. The lowest BCUT2D eigenvalue weighted by Gasteiger charge is -2.31. The normalized spacial score (nSPS) is 14.6. The van der Waals surface area contributed by atoms with Gasteiger partial charge in [-0.3, -0.25) is 9.59 Å². The number of hydrogen-bond acceptors (Lipinski definition) is 5. The number of benzene rings is 3. The van der Waals surface area contributed by atoms with Crippen molar-refractivity contribution in [1.29, 1.82) is 0 Å². The molecule has 1 amide bonds. The number of likely N-dealkylation sites (tertiary alicyclic amines) is 1. The van der Waals surface area contributed by atoms with Crippen molar-refractivity contribution >= 4 is 27.8 Å². The molecule has 8 heteroatoms. The molecule has 3 aromatic carbocycles. The van der Waals surface area contributed by atoms with Crippen LogP contribution in [0.25, 0.3) is 21.9 Å². The lowest BCUT2D eigenvalue weighted by Crippen LogP contribution is -2.38. The van der Waals surface area contributed by atoms with Gasteiger partial charge in [-0.1, -0.05) is 65.9 Å². The molecule has 0 bridgehead atoms. The number of aromatic nitrogens is 5. The van der Waals surface area contributed by atoms with E-state index in [4.69, 9.17) is 4.98 Å². The number of rotatable bonds is 4. The number of piperidine rings is 1. The van der Waals surface area contributed by atoms with Crippen LogP contribution in [0.2, 0.25) is 0 Å². The Balaban J connectivity index is 1.20. The number of H-pyrrole nitrogens is 1. The van der Waals surface area contributed by atoms with Gasteiger partial charge < -0.3 is 9.88 Å². The second-order valence-electron chi connectivity index (χ2n) is 8.98. The molecule has 3 heterocycles. The molecule has 0 aliphatic carbocycles. The minimum absolute atomic E-state index is 0.0382. The second-order valence-corrected chi connectivity index (χ2v) is 8.98. The second kappa shape index (κ2) is 8.79. The fourth-order valence-corrected chi connectivity index (χ4v) is 4.80. The number of aromatic amines is 1. The van der Waals surface area contributed by atoms with Gasteiger partial charge >= 0.3 is 0 Å². The Morgan fingerprint density at radius 2 is 1.69 bits per heavy atom. The Kier molecular flexibility index (Phi) is 5.33. The van der Waals surface area contributed by atoms with E-state index in [2.05, 4.69) is 15.3 Å². The van der Waals surface area contributed by atoms with E-state index in [1.54, 1.807) is 4.68 Å². The summed E-state index contributed by atoms with van der Waals surface area (Å²) in [5.41, 5.74) is 2.21. The monoisotopic (exact) mass is 464 g/mol. The van der Waals surface area contributed by atoms with Gasteiger partial charge in [0.15, 0.2) is 11.2 Å². The van der Waals surface area contributed by atoms with E-state index in [0.29, 0.717) is 36.7 Å². The van der Waals surface area contributed by atoms with Gasteiger partial charge in [0, 0.05) is 24.6 Å². The van der Waals surface area contributed by atoms with Crippen molar-refractivity contribution in [3.63, 3.8) is 0 Å². The van der Waals surface area contributed by atoms with Crippen LogP contribution < -0.4 is 5.56 Å². The predicted octanol–water partition coefficient (Wildman–Crippen LogP) is 3.74. The van der Waals surface area contributed by atoms with Crippen LogP contribution in [0.4, 0.5) is 0 Å². The van der Waals surface area contributed by atoms with Crippen LogP contribution in [0.3, 0.4) is 0 Å². The Morgan fingerprint density at radius 1 is 0.943 bits per heavy atom. The number of fused-ring (bicyclic) bond motifs is 2. The highest BCUT2D eigenvalue weighted by molar-refractivity contribution is 5.98. The summed E-state index contributed by atoms with van der Waals surface area (Å²) in [6, 6.07) is 23.8. The number of amides is 1. The largest absolute Gasteiger partial charge is 0.339 e. The Bertz CT molecular complexity index is 1580. The van der Waals surface area contributed by atoms with Crippen LogP contribution >= 0.6 is 0 Å². The highest BCUT2D eigenvalue weighted by Gasteiger charge is 2.27. The number of carbonyl (C=O) groups is 1. The molecule has 0 saturated carbocycles. The molecule has 6 rings (SSSR count). The Labute approximate surface area is 201 Å². The third kappa shape index (κ3) is 4.07. The molecule has 1 aliphatic heterocycles. The van der Waals surface area contributed by atoms with Crippen LogP contribution in [0.1, 0.15) is 40.5 Å². The lowest BCUT2D eigenvalue weighted by molar-refractivity contribution is 0.0711. The number of nitrogens with zero attached hydrogens (tertiary/aromatic N) is 5. The fourth-order valence-electron chi connectivity index (χ4n) is 4.80. The molecule has 5 aromatic rings. The van der Waals surface area contributed by atoms with Crippen LogP contribution in [0, 0.1) is 0 Å². The standard InChI is InChI=1S/C27H24N6O2/c34-26-23-25(33(31-30-23)17-18-6-2-1-3-7-18)28-24(29-26)20-12-14-32(15-13-20)27(35)22-11-10-19-8-4-5-9-21(19)16-22/h1-11,16,20H,12-15,17H2,(H,28,29,34). The molecule has 1 saturated heterocycles. The first-order chi connectivity index (χ1) is 17.2. The third-order valence-electron chi connectivity index (χ3n) is 6.73. The van der Waals surface area contributed by atoms with Gasteiger partial charge in [0.2, 0.25) is 0 Å². The van der Waals surface area contributed by atoms with E-state index in [1.165, 1.54) is 0 Å². The van der Waals surface area contributed by atoms with Crippen molar-refractivity contribution < 1.29 is 4.79 Å². The first-order valence-corrected chi connectivity index (χ1v) is 11.8. The minimum atomic E-state index is -0.279. The van der Waals surface area contributed by atoms with Gasteiger partial charge in [-0.15, -0.1) is 5.10 Å². The first-order valence-electron chi connectivity index (χ1n) is 11.8. The van der Waals surface area contributed by atoms with Crippen LogP contribution in [0.15, 0.2) is 77.6 Å². The molecule has 0 spiro atoms. The summed E-state index contributed by atoms with van der Waals surface area (Å²) in [4.78, 5) is 35.4. The summed E-state index contributed by atoms with van der Waals surface area (Å²) in [6.07, 6.45) is 1.46. The molecule has 0 unspecified atom stereocenters. The van der Waals surface area contributed by atoms with Gasteiger partial charge in [0.05, 0.1) is 6.54 Å². The molecule has 8 nitrogen and oxygen atoms in total. The lowest BCUT2D eigenvalue weighted by atomic mass is 9.95. The van der Waals surface area contributed by atoms with Crippen molar-refractivity contribution in [2.75, 3.05) is 13.1 Å². The summed E-state index contributed by atoms with van der Waals surface area (Å²) in [5, 5.41) is 10.4. The molecule has 0 atom stereocenters. The Hall–Kier alpha value is -4.33. The van der Waals surface area contributed by atoms with Crippen molar-refractivity contribution in [3.05, 3.63) is 100 Å². The van der Waals surface area contributed by atoms with Crippen molar-refractivity contribution in [2.24, 2.45) is 0 Å². The van der Waals surface area contributed by atoms with Gasteiger partial charge in [-0.05, 0) is 41.3 Å². The SMILES string of the molecule is O=C(c1ccc2ccccc2c1)N1CCC(c2nc3c(nnn3Cc3ccccc3)c(=O)[nH]2)CC1. The van der Waals surface area contributed by atoms with Crippen LogP contribution in [0.5, 0.6) is 0 Å². The maximum Gasteiger partial charge on any atom is 0.281 e. The molecular formula is C27H24N6O2. The van der Waals surface area contributed by atoms with Crippen molar-refractivity contribution in [2.45, 2.75) is 25.3 Å². The quantitative estimate of drug-likeness (QED) is 0.437. The van der Waals surface area contributed by atoms with E-state index in [0.717, 1.165) is 29.2 Å². The van der Waals surface area contributed by atoms with E-state index in [9.17, 15) is 9.59 Å². The zero-order valence-electron chi connectivity index (χ0n) is 19.1. The van der Waals surface area contributed by atoms with Crippen molar-refractivity contribution in [3.8, 4) is 0 Å². The van der Waals surface area contributed by atoms with Gasteiger partial charge in [0.1, 0.15) is 5.82 Å². The highest BCUT2D eigenvalue weighted by Crippen LogP contribution is 2.27. The van der Waals surface area contributed by atoms with Gasteiger partial charge in [-0.2, -0.15) is 0 Å². The molecule has 35 heavy (non-hydrogen) atoms. The maximum absolute atomic E-state index is 13.1. The molecule has 1 fully saturated rings. The van der Waals surface area contributed by atoms with E-state index in [-0.39, 0.29) is 22.9 Å². The van der Waals surface area contributed by atoms with Gasteiger partial charge in [-0.25, -0.2) is 9.67 Å². The van der Waals surface area contributed by atoms with Crippen LogP contribution in [-0.2, 0) is 6.54 Å². The average Bonchev–Trinajstić information content (AvgIpc) is 3.31. The summed E-state index contributed by atoms with van der Waals surface area (Å²) in [6.45, 7) is 1.71. The number of hydrogen-bond donors (Lipinski definition) is 1. The molecule has 174 valence electrons. The summed E-state index contributed by atoms with van der Waals surface area (Å²) in [7, 11) is 0. The van der Waals surface area contributed by atoms with Gasteiger partial charge in [0.25, 0.3) is 11.5 Å². The zero-order chi connectivity index (χ0) is 23.8. The highest BCUT2D eigenvalue weighted by atomic mass is 16.2. The zero-order valence-corrected chi connectivity index (χ0v) is 19.1. The minimum Gasteiger partial charge on any atom is -0.339 e. The number of nitrogens with one attached hydrogen (secondary N) is 1. The van der Waals surface area contributed by atoms with E-state index in [1.807, 2.05) is 77.7 Å². The molecule has 0 radical (unpaired) electrons. The van der Waals surface area contributed by atoms with Crippen molar-refractivity contribution in [1.82, 2.24) is 29.9 Å². The number of carbonyl (C=O) groups excluding carboxylic acids is 1. The third-order valence-corrected chi connectivity index (χ3v) is 6.73. The summed E-state index contributed by atoms with van der Waals surface area (Å²) in [5.74, 6) is 0.737. The molecule has 1 aliphatic rings. The van der Waals surface area contributed by atoms with E-state index >= 15 is 0 Å². The average molecular weight is 465 g/mol. The summed E-state index contributed by atoms with van der Waals surface area (Å²) < 4.78 is 1.67. The maximum atomic E-state index is 13.1. The molecule has 1 N–H and O–H groups in total. The smallest absolute Gasteiger partial charge is 0.281 e. The summed E-state index contributed by atoms with van der Waals surface area (Å²) >= 11 is 0. The predicted molar refractivity (Wildman–Crippen MR) is 133 cm³/mol. The van der Waals surface area contributed by atoms with E-state index < -0.39 is 0 Å². The Morgan fingerprint density at radius 3 is 2.49 bits per heavy atom. The molecular weight excluding hydrogens is 440 g/mol. The fraction of sp³-hybridized carbons (Fsp3) is 0.222. The topological polar surface area (TPSA) is 96.8 Å². The first kappa shape index (κ1) is 21.2. The van der Waals surface area contributed by atoms with Crippen LogP contribution in [-0.4, -0.2) is 48.9 Å².